The van der Waals surface area contributed by atoms with E-state index in [1.54, 1.807) is 31.5 Å². The Morgan fingerprint density at radius 1 is 1.35 bits per heavy atom. The monoisotopic (exact) mass is 334 g/mol. The first-order valence-electron chi connectivity index (χ1n) is 6.29. The predicted molar refractivity (Wildman–Crippen MR) is 81.7 cm³/mol. The summed E-state index contributed by atoms with van der Waals surface area (Å²) in [7, 11) is 0. The standard InChI is InChI=1S/C15H15BrN2O2/c1-2-20-15(19)12-4-3-5-14(7-12)18-9-11-6-13(16)10-17-8-11/h3-8,10,18H,2,9H2,1H3. The number of esters is 1. The average Bonchev–Trinajstić information content (AvgIpc) is 2.46. The van der Waals surface area contributed by atoms with Crippen LogP contribution in [0.5, 0.6) is 0 Å². The largest absolute Gasteiger partial charge is 0.462 e. The van der Waals surface area contributed by atoms with Crippen molar-refractivity contribution in [2.75, 3.05) is 11.9 Å². The van der Waals surface area contributed by atoms with Crippen LogP contribution in [0.2, 0.25) is 0 Å². The van der Waals surface area contributed by atoms with E-state index in [2.05, 4.69) is 26.2 Å². The van der Waals surface area contributed by atoms with Crippen LogP contribution < -0.4 is 5.32 Å². The zero-order chi connectivity index (χ0) is 14.4. The van der Waals surface area contributed by atoms with Crippen LogP contribution in [0.4, 0.5) is 5.69 Å². The summed E-state index contributed by atoms with van der Waals surface area (Å²) in [6.45, 7) is 2.80. The lowest BCUT2D eigenvalue weighted by Crippen LogP contribution is -2.06. The zero-order valence-corrected chi connectivity index (χ0v) is 12.7. The Hall–Kier alpha value is -1.88. The Kier molecular flexibility index (Phi) is 5.12. The normalized spacial score (nSPS) is 10.1. The van der Waals surface area contributed by atoms with E-state index in [0.29, 0.717) is 18.7 Å². The maximum absolute atomic E-state index is 11.6. The molecule has 0 radical (unpaired) electrons. The van der Waals surface area contributed by atoms with Gasteiger partial charge in [0, 0.05) is 29.1 Å². The van der Waals surface area contributed by atoms with E-state index in [-0.39, 0.29) is 5.97 Å². The van der Waals surface area contributed by atoms with E-state index in [1.165, 1.54) is 0 Å². The molecule has 104 valence electrons. The maximum atomic E-state index is 11.6. The first-order chi connectivity index (χ1) is 9.69. The van der Waals surface area contributed by atoms with Gasteiger partial charge in [-0.3, -0.25) is 4.98 Å². The highest BCUT2D eigenvalue weighted by atomic mass is 79.9. The number of ether oxygens (including phenoxy) is 1. The summed E-state index contributed by atoms with van der Waals surface area (Å²) in [5.41, 5.74) is 2.47. The van der Waals surface area contributed by atoms with Gasteiger partial charge in [-0.1, -0.05) is 6.07 Å². The highest BCUT2D eigenvalue weighted by Gasteiger charge is 2.06. The molecule has 0 saturated carbocycles. The first-order valence-corrected chi connectivity index (χ1v) is 7.09. The van der Waals surface area contributed by atoms with Gasteiger partial charge < -0.3 is 10.1 Å². The number of pyridine rings is 1. The molecular formula is C15H15BrN2O2. The summed E-state index contributed by atoms with van der Waals surface area (Å²) < 4.78 is 5.92. The van der Waals surface area contributed by atoms with Crippen LogP contribution in [0.1, 0.15) is 22.8 Å². The molecule has 0 saturated heterocycles. The van der Waals surface area contributed by atoms with Crippen molar-refractivity contribution in [2.45, 2.75) is 13.5 Å². The van der Waals surface area contributed by atoms with Crippen LogP contribution >= 0.6 is 15.9 Å². The molecule has 0 unspecified atom stereocenters. The van der Waals surface area contributed by atoms with Crippen LogP contribution in [-0.2, 0) is 11.3 Å². The number of halogens is 1. The van der Waals surface area contributed by atoms with Crippen LogP contribution in [0, 0.1) is 0 Å². The maximum Gasteiger partial charge on any atom is 0.338 e. The topological polar surface area (TPSA) is 51.2 Å². The molecule has 0 aliphatic rings. The molecule has 0 bridgehead atoms. The molecule has 1 aromatic heterocycles. The van der Waals surface area contributed by atoms with Gasteiger partial charge in [0.2, 0.25) is 0 Å². The summed E-state index contributed by atoms with van der Waals surface area (Å²) in [6, 6.07) is 9.25. The second kappa shape index (κ2) is 7.05. The Morgan fingerprint density at radius 3 is 2.95 bits per heavy atom. The van der Waals surface area contributed by atoms with E-state index < -0.39 is 0 Å². The molecule has 1 aromatic carbocycles. The van der Waals surface area contributed by atoms with Gasteiger partial charge in [0.25, 0.3) is 0 Å². The highest BCUT2D eigenvalue weighted by Crippen LogP contribution is 2.14. The summed E-state index contributed by atoms with van der Waals surface area (Å²) in [5, 5.41) is 3.26. The quantitative estimate of drug-likeness (QED) is 0.848. The van der Waals surface area contributed by atoms with Gasteiger partial charge in [-0.05, 0) is 52.7 Å². The molecule has 20 heavy (non-hydrogen) atoms. The number of benzene rings is 1. The number of hydrogen-bond donors (Lipinski definition) is 1. The molecule has 1 heterocycles. The molecule has 1 N–H and O–H groups in total. The molecule has 0 aliphatic carbocycles. The lowest BCUT2D eigenvalue weighted by molar-refractivity contribution is 0.0526. The lowest BCUT2D eigenvalue weighted by atomic mass is 10.2. The van der Waals surface area contributed by atoms with Crippen LogP contribution in [0.3, 0.4) is 0 Å². The minimum absolute atomic E-state index is 0.305. The molecule has 0 amide bonds. The Morgan fingerprint density at radius 2 is 2.20 bits per heavy atom. The molecule has 0 atom stereocenters. The molecule has 0 spiro atoms. The number of nitrogens with zero attached hydrogens (tertiary/aromatic N) is 1. The van der Waals surface area contributed by atoms with Crippen molar-refractivity contribution in [1.29, 1.82) is 0 Å². The summed E-state index contributed by atoms with van der Waals surface area (Å²) in [6.07, 6.45) is 3.54. The van der Waals surface area contributed by atoms with Gasteiger partial charge in [0.05, 0.1) is 12.2 Å². The van der Waals surface area contributed by atoms with Crippen molar-refractivity contribution in [2.24, 2.45) is 0 Å². The Bertz CT molecular complexity index is 602. The van der Waals surface area contributed by atoms with Crippen LogP contribution in [0.15, 0.2) is 47.2 Å². The third-order valence-corrected chi connectivity index (χ3v) is 3.07. The molecule has 2 aromatic rings. The number of carbonyl (C=O) groups excluding carboxylic acids is 1. The van der Waals surface area contributed by atoms with Crippen molar-refractivity contribution in [3.63, 3.8) is 0 Å². The van der Waals surface area contributed by atoms with E-state index in [1.807, 2.05) is 18.2 Å². The van der Waals surface area contributed by atoms with E-state index >= 15 is 0 Å². The minimum atomic E-state index is -0.305. The molecule has 5 heteroatoms. The number of aromatic nitrogens is 1. The molecule has 4 nitrogen and oxygen atoms in total. The summed E-state index contributed by atoms with van der Waals surface area (Å²) in [5.74, 6) is -0.305. The number of anilines is 1. The number of hydrogen-bond acceptors (Lipinski definition) is 4. The smallest absolute Gasteiger partial charge is 0.338 e. The van der Waals surface area contributed by atoms with Gasteiger partial charge in [0.1, 0.15) is 0 Å². The van der Waals surface area contributed by atoms with E-state index in [9.17, 15) is 4.79 Å². The van der Waals surface area contributed by atoms with Crippen molar-refractivity contribution in [3.05, 3.63) is 58.3 Å². The van der Waals surface area contributed by atoms with Crippen molar-refractivity contribution < 1.29 is 9.53 Å². The van der Waals surface area contributed by atoms with Gasteiger partial charge in [-0.25, -0.2) is 4.79 Å². The highest BCUT2D eigenvalue weighted by molar-refractivity contribution is 9.10. The van der Waals surface area contributed by atoms with E-state index in [4.69, 9.17) is 4.74 Å². The predicted octanol–water partition coefficient (Wildman–Crippen LogP) is 3.63. The van der Waals surface area contributed by atoms with Crippen molar-refractivity contribution in [3.8, 4) is 0 Å². The SMILES string of the molecule is CCOC(=O)c1cccc(NCc2cncc(Br)c2)c1. The molecule has 2 rings (SSSR count). The minimum Gasteiger partial charge on any atom is -0.462 e. The third kappa shape index (κ3) is 4.06. The number of carbonyl (C=O) groups is 1. The Balaban J connectivity index is 2.03. The van der Waals surface area contributed by atoms with Gasteiger partial charge >= 0.3 is 5.97 Å². The zero-order valence-electron chi connectivity index (χ0n) is 11.1. The first kappa shape index (κ1) is 14.5. The Labute approximate surface area is 126 Å². The van der Waals surface area contributed by atoms with E-state index in [0.717, 1.165) is 15.7 Å². The number of nitrogens with one attached hydrogen (secondary N) is 1. The third-order valence-electron chi connectivity index (χ3n) is 2.63. The molecule has 0 fully saturated rings. The molecule has 0 aliphatic heterocycles. The van der Waals surface area contributed by atoms with Crippen molar-refractivity contribution >= 4 is 27.6 Å². The fourth-order valence-electron chi connectivity index (χ4n) is 1.73. The fourth-order valence-corrected chi connectivity index (χ4v) is 2.14. The van der Waals surface area contributed by atoms with Crippen LogP contribution in [-0.4, -0.2) is 17.6 Å². The van der Waals surface area contributed by atoms with Gasteiger partial charge in [-0.2, -0.15) is 0 Å². The molecular weight excluding hydrogens is 320 g/mol. The van der Waals surface area contributed by atoms with Crippen LogP contribution in [0.25, 0.3) is 0 Å². The average molecular weight is 335 g/mol. The lowest BCUT2D eigenvalue weighted by Gasteiger charge is -2.08. The summed E-state index contributed by atoms with van der Waals surface area (Å²) in [4.78, 5) is 15.8. The van der Waals surface area contributed by atoms with Crippen molar-refractivity contribution in [1.82, 2.24) is 4.98 Å². The van der Waals surface area contributed by atoms with Gasteiger partial charge in [0.15, 0.2) is 0 Å². The van der Waals surface area contributed by atoms with Gasteiger partial charge in [-0.15, -0.1) is 0 Å². The second-order valence-corrected chi connectivity index (χ2v) is 5.08. The fraction of sp³-hybridized carbons (Fsp3) is 0.200. The second-order valence-electron chi connectivity index (χ2n) is 4.17. The number of rotatable bonds is 5. The summed E-state index contributed by atoms with van der Waals surface area (Å²) >= 11 is 3.38.